The van der Waals surface area contributed by atoms with Crippen LogP contribution >= 0.6 is 83.2 Å². The van der Waals surface area contributed by atoms with Gasteiger partial charge in [0.15, 0.2) is 5.17 Å². The molecule has 0 aliphatic carbocycles. The van der Waals surface area contributed by atoms with Gasteiger partial charge in [0.05, 0.1) is 0 Å². The smallest absolute Gasteiger partial charge is 0.410 e. The number of ether oxygens (including phenoxy) is 3. The maximum atomic E-state index is 12.3. The average molecular weight is 1060 g/mol. The number of nitrogens with two attached hydrogens (primary N) is 1. The summed E-state index contributed by atoms with van der Waals surface area (Å²) in [6.45, 7) is 20.7. The van der Waals surface area contributed by atoms with E-state index in [1.165, 1.54) is 45.1 Å². The highest BCUT2D eigenvalue weighted by atomic mass is 35.5. The van der Waals surface area contributed by atoms with Crippen LogP contribution in [-0.2, 0) is 70.1 Å². The van der Waals surface area contributed by atoms with Crippen LogP contribution in [0.4, 0.5) is 14.4 Å². The van der Waals surface area contributed by atoms with E-state index in [9.17, 15) is 14.4 Å². The molecule has 0 unspecified atom stereocenters. The van der Waals surface area contributed by atoms with Gasteiger partial charge in [0, 0.05) is 71.7 Å². The molecule has 3 heterocycles. The van der Waals surface area contributed by atoms with Crippen molar-refractivity contribution in [2.45, 2.75) is 135 Å². The van der Waals surface area contributed by atoms with Crippen LogP contribution in [0.15, 0.2) is 36.4 Å². The number of carbonyl (C=O) groups excluding carboxylic acids is 3. The Morgan fingerprint density at radius 2 is 0.881 bits per heavy atom. The van der Waals surface area contributed by atoms with E-state index >= 15 is 0 Å². The highest BCUT2D eigenvalue weighted by molar-refractivity contribution is 8.13. The third-order valence-corrected chi connectivity index (χ3v) is 13.3. The number of rotatable bonds is 4. The predicted molar refractivity (Wildman–Crippen MR) is 283 cm³/mol. The third-order valence-electron chi connectivity index (χ3n) is 10.9. The molecular formula is C49H68Cl5N5O6S2. The zero-order valence-electron chi connectivity index (χ0n) is 40.2. The van der Waals surface area contributed by atoms with Gasteiger partial charge >= 0.3 is 18.3 Å². The summed E-state index contributed by atoms with van der Waals surface area (Å²) in [4.78, 5) is 42.0. The molecule has 18 heteroatoms. The van der Waals surface area contributed by atoms with E-state index in [0.717, 1.165) is 60.2 Å². The third kappa shape index (κ3) is 18.1. The molecule has 0 aromatic heterocycles. The molecule has 0 saturated heterocycles. The number of thiol groups is 1. The SMILES string of the molecule is CC(C)(C)OC(=O)N1CCc2ccc(Cl)c(CCl)c2CC1.CC(C)(C)OC(=O)N1CCc2ccc(Cl)c(CS)c2CC1.CC(C)(C)OC(=O)N1CCc2ccc(Cl)c(CSC(=N)N)c2CC1.Cl. The quantitative estimate of drug-likeness (QED) is 0.0772. The number of thioether (sulfide) groups is 1. The molecule has 0 bridgehead atoms. The van der Waals surface area contributed by atoms with E-state index < -0.39 is 16.8 Å². The summed E-state index contributed by atoms with van der Waals surface area (Å²) in [5.41, 5.74) is 14.4. The van der Waals surface area contributed by atoms with Crippen molar-refractivity contribution >= 4 is 107 Å². The van der Waals surface area contributed by atoms with Crippen LogP contribution in [0.5, 0.6) is 0 Å². The highest BCUT2D eigenvalue weighted by Gasteiger charge is 2.28. The zero-order chi connectivity index (χ0) is 49.1. The van der Waals surface area contributed by atoms with Gasteiger partial charge in [-0.1, -0.05) is 64.8 Å². The number of benzene rings is 3. The van der Waals surface area contributed by atoms with Crippen molar-refractivity contribution in [2.24, 2.45) is 5.73 Å². The van der Waals surface area contributed by atoms with Crippen LogP contribution in [0.25, 0.3) is 0 Å². The zero-order valence-corrected chi connectivity index (χ0v) is 45.8. The standard InChI is InChI=1S/C17H24ClN3O2S.C16H21Cl2NO2.C16H22ClNO2S.ClH/c1-17(2,3)23-16(22)21-8-6-11-4-5-14(18)13(10-24-15(19)20)12(11)7-9-21;1-16(2,3)21-15(20)19-8-6-11-4-5-14(18)13(10-17)12(11)7-9-19;1-16(2,3)20-15(19)18-8-6-11-4-5-14(17)13(10-21)12(11)7-9-18;/h4-5H,6-10H2,1-3H3,(H3,19,20);4-5H,6-10H2,1-3H3;4-5,21H,6-10H2,1-3H3;1H. The lowest BCUT2D eigenvalue weighted by Gasteiger charge is -2.26. The molecule has 3 aliphatic rings. The molecule has 3 aliphatic heterocycles. The summed E-state index contributed by atoms with van der Waals surface area (Å²) in [5, 5.41) is 9.62. The number of nitrogens with zero attached hydrogens (tertiary/aromatic N) is 3. The van der Waals surface area contributed by atoms with Gasteiger partial charge in [-0.3, -0.25) is 5.41 Å². The van der Waals surface area contributed by atoms with Gasteiger partial charge in [-0.25, -0.2) is 14.4 Å². The van der Waals surface area contributed by atoms with Gasteiger partial charge in [0.25, 0.3) is 0 Å². The number of hydrogen-bond acceptors (Lipinski definition) is 9. The second kappa shape index (κ2) is 25.8. The predicted octanol–water partition coefficient (Wildman–Crippen LogP) is 12.7. The van der Waals surface area contributed by atoms with Gasteiger partial charge < -0.3 is 34.6 Å². The van der Waals surface area contributed by atoms with Crippen LogP contribution in [0.3, 0.4) is 0 Å². The molecule has 0 fully saturated rings. The molecule has 0 spiro atoms. The highest BCUT2D eigenvalue weighted by Crippen LogP contribution is 2.32. The number of hydrogen-bond donors (Lipinski definition) is 3. The number of fused-ring (bicyclic) bond motifs is 3. The lowest BCUT2D eigenvalue weighted by molar-refractivity contribution is 0.0248. The molecule has 0 atom stereocenters. The minimum atomic E-state index is -0.497. The van der Waals surface area contributed by atoms with Crippen molar-refractivity contribution < 1.29 is 28.6 Å². The van der Waals surface area contributed by atoms with E-state index in [4.69, 9.17) is 71.8 Å². The minimum Gasteiger partial charge on any atom is -0.444 e. The number of amides is 3. The first-order chi connectivity index (χ1) is 30.8. The van der Waals surface area contributed by atoms with Crippen LogP contribution in [0.2, 0.25) is 15.1 Å². The molecule has 0 radical (unpaired) electrons. The van der Waals surface area contributed by atoms with Crippen molar-refractivity contribution in [3.8, 4) is 0 Å². The summed E-state index contributed by atoms with van der Waals surface area (Å²) < 4.78 is 16.4. The fourth-order valence-electron chi connectivity index (χ4n) is 7.77. The molecule has 3 N–H and O–H groups in total. The van der Waals surface area contributed by atoms with Gasteiger partial charge in [-0.05, 0) is 169 Å². The van der Waals surface area contributed by atoms with E-state index in [2.05, 4.69) is 18.7 Å². The second-order valence-corrected chi connectivity index (χ2v) is 22.2. The maximum Gasteiger partial charge on any atom is 0.410 e. The number of alkyl halides is 1. The lowest BCUT2D eigenvalue weighted by atomic mass is 9.98. The Morgan fingerprint density at radius 3 is 1.19 bits per heavy atom. The molecule has 3 amide bonds. The summed E-state index contributed by atoms with van der Waals surface area (Å²) in [5.74, 6) is 1.59. The molecule has 6 rings (SSSR count). The van der Waals surface area contributed by atoms with Crippen LogP contribution in [0.1, 0.15) is 112 Å². The normalized spacial score (nSPS) is 14.9. The van der Waals surface area contributed by atoms with Crippen molar-refractivity contribution in [3.63, 3.8) is 0 Å². The summed E-state index contributed by atoms with van der Waals surface area (Å²) in [6.07, 6.45) is 3.90. The fraction of sp³-hybridized carbons (Fsp3) is 0.551. The largest absolute Gasteiger partial charge is 0.444 e. The van der Waals surface area contributed by atoms with E-state index in [1.807, 2.05) is 92.6 Å². The van der Waals surface area contributed by atoms with Crippen molar-refractivity contribution in [2.75, 3.05) is 39.3 Å². The van der Waals surface area contributed by atoms with Crippen LogP contribution in [-0.4, -0.2) is 94.2 Å². The Hall–Kier alpha value is -2.91. The molecule has 372 valence electrons. The summed E-state index contributed by atoms with van der Waals surface area (Å²) in [7, 11) is 0. The van der Waals surface area contributed by atoms with Gasteiger partial charge in [-0.2, -0.15) is 12.6 Å². The monoisotopic (exact) mass is 1060 g/mol. The van der Waals surface area contributed by atoms with Crippen LogP contribution < -0.4 is 5.73 Å². The van der Waals surface area contributed by atoms with E-state index in [0.29, 0.717) is 66.7 Å². The number of nitrogens with one attached hydrogen (secondary N) is 1. The fourth-order valence-corrected chi connectivity index (χ4v) is 10.0. The van der Waals surface area contributed by atoms with E-state index in [-0.39, 0.29) is 35.9 Å². The first kappa shape index (κ1) is 58.4. The Labute approximate surface area is 434 Å². The lowest BCUT2D eigenvalue weighted by Crippen LogP contribution is -2.38. The van der Waals surface area contributed by atoms with Gasteiger partial charge in [0.2, 0.25) is 0 Å². The minimum absolute atomic E-state index is 0. The van der Waals surface area contributed by atoms with Crippen molar-refractivity contribution in [1.29, 1.82) is 5.41 Å². The number of carbonyl (C=O) groups is 3. The Bertz CT molecular complexity index is 2110. The Morgan fingerprint density at radius 1 is 0.582 bits per heavy atom. The van der Waals surface area contributed by atoms with Gasteiger partial charge in [0.1, 0.15) is 16.8 Å². The number of amidine groups is 1. The molecule has 0 saturated carbocycles. The van der Waals surface area contributed by atoms with Crippen molar-refractivity contribution in [1.82, 2.24) is 14.7 Å². The molecular weight excluding hydrogens is 996 g/mol. The van der Waals surface area contributed by atoms with Crippen LogP contribution in [0, 0.1) is 5.41 Å². The van der Waals surface area contributed by atoms with E-state index in [1.54, 1.807) is 14.7 Å². The molecule has 3 aromatic carbocycles. The molecule has 11 nitrogen and oxygen atoms in total. The summed E-state index contributed by atoms with van der Waals surface area (Å²) in [6, 6.07) is 11.8. The summed E-state index contributed by atoms with van der Waals surface area (Å²) >= 11 is 30.5. The second-order valence-electron chi connectivity index (χ2n) is 19.3. The van der Waals surface area contributed by atoms with Crippen molar-refractivity contribution in [3.05, 3.63) is 102 Å². The molecule has 67 heavy (non-hydrogen) atoms. The number of halogens is 5. The first-order valence-electron chi connectivity index (χ1n) is 22.3. The first-order valence-corrected chi connectivity index (χ1v) is 25.5. The Balaban J connectivity index is 0.000000265. The Kier molecular flexibility index (Phi) is 22.5. The van der Waals surface area contributed by atoms with Gasteiger partial charge in [-0.15, -0.1) is 24.0 Å². The average Bonchev–Trinajstić information content (AvgIpc) is 3.67. The molecule has 3 aromatic rings. The maximum absolute atomic E-state index is 12.3. The topological polar surface area (TPSA) is 138 Å².